The maximum absolute atomic E-state index is 10.5. The molecule has 0 bridgehead atoms. The third-order valence-corrected chi connectivity index (χ3v) is 5.36. The molecule has 0 radical (unpaired) electrons. The van der Waals surface area contributed by atoms with Crippen molar-refractivity contribution in [1.82, 2.24) is 0 Å². The lowest BCUT2D eigenvalue weighted by Gasteiger charge is -2.39. The second-order valence-electron chi connectivity index (χ2n) is 7.03. The van der Waals surface area contributed by atoms with Gasteiger partial charge in [0.05, 0.1) is 12.8 Å². The van der Waals surface area contributed by atoms with Gasteiger partial charge in [0, 0.05) is 5.02 Å². The zero-order valence-corrected chi connectivity index (χ0v) is 17.6. The standard InChI is InChI=1S/C22H26ClNO6/c1-3-29-16-7-4-13(5-8-16)10-15-11-14(6-9-17(15)23)22-21(27)20(26)19(25)18(30-22)12-24-28-2/h4-9,11-12,18-22,25-27H,3,10H2,1-2H3/t18-,19-,20+,21-,22+/m1/s1. The van der Waals surface area contributed by atoms with Crippen LogP contribution in [0.1, 0.15) is 29.7 Å². The fourth-order valence-electron chi connectivity index (χ4n) is 3.42. The van der Waals surface area contributed by atoms with Crippen molar-refractivity contribution in [3.05, 3.63) is 64.2 Å². The van der Waals surface area contributed by atoms with Crippen LogP contribution in [-0.2, 0) is 16.0 Å². The Morgan fingerprint density at radius 3 is 2.47 bits per heavy atom. The second kappa shape index (κ2) is 10.2. The summed E-state index contributed by atoms with van der Waals surface area (Å²) >= 11 is 6.40. The third-order valence-electron chi connectivity index (χ3n) is 4.99. The van der Waals surface area contributed by atoms with E-state index in [0.29, 0.717) is 23.6 Å². The van der Waals surface area contributed by atoms with Crippen molar-refractivity contribution < 1.29 is 29.6 Å². The van der Waals surface area contributed by atoms with Crippen molar-refractivity contribution in [3.63, 3.8) is 0 Å². The van der Waals surface area contributed by atoms with E-state index in [1.54, 1.807) is 12.1 Å². The first kappa shape index (κ1) is 22.5. The van der Waals surface area contributed by atoms with Gasteiger partial charge in [-0.2, -0.15) is 0 Å². The first-order valence-corrected chi connectivity index (χ1v) is 10.1. The molecular weight excluding hydrogens is 410 g/mol. The summed E-state index contributed by atoms with van der Waals surface area (Å²) in [4.78, 5) is 4.63. The van der Waals surface area contributed by atoms with E-state index < -0.39 is 30.5 Å². The fraction of sp³-hybridized carbons (Fsp3) is 0.409. The van der Waals surface area contributed by atoms with E-state index in [2.05, 4.69) is 9.99 Å². The molecule has 2 aromatic carbocycles. The van der Waals surface area contributed by atoms with Gasteiger partial charge in [0.2, 0.25) is 0 Å². The number of hydrogen-bond acceptors (Lipinski definition) is 7. The van der Waals surface area contributed by atoms with Gasteiger partial charge in [-0.3, -0.25) is 0 Å². The molecule has 7 nitrogen and oxygen atoms in total. The van der Waals surface area contributed by atoms with Gasteiger partial charge in [0.1, 0.15) is 43.4 Å². The topological polar surface area (TPSA) is 101 Å². The number of rotatable bonds is 7. The molecule has 30 heavy (non-hydrogen) atoms. The van der Waals surface area contributed by atoms with Crippen LogP contribution in [0.4, 0.5) is 0 Å². The maximum atomic E-state index is 10.5. The Bertz CT molecular complexity index is 859. The van der Waals surface area contributed by atoms with Crippen LogP contribution in [0.25, 0.3) is 0 Å². The second-order valence-corrected chi connectivity index (χ2v) is 7.44. The molecule has 0 aromatic heterocycles. The Morgan fingerprint density at radius 1 is 1.07 bits per heavy atom. The minimum atomic E-state index is -1.40. The normalized spacial score (nSPS) is 26.7. The van der Waals surface area contributed by atoms with E-state index in [9.17, 15) is 15.3 Å². The summed E-state index contributed by atoms with van der Waals surface area (Å²) in [5, 5.41) is 35.1. The summed E-state index contributed by atoms with van der Waals surface area (Å²) in [6.07, 6.45) is -4.02. The number of ether oxygens (including phenoxy) is 2. The van der Waals surface area contributed by atoms with E-state index in [1.165, 1.54) is 13.3 Å². The highest BCUT2D eigenvalue weighted by Crippen LogP contribution is 2.34. The highest BCUT2D eigenvalue weighted by Gasteiger charge is 2.43. The van der Waals surface area contributed by atoms with Crippen LogP contribution in [0.3, 0.4) is 0 Å². The Morgan fingerprint density at radius 2 is 1.80 bits per heavy atom. The summed E-state index contributed by atoms with van der Waals surface area (Å²) in [5.74, 6) is 0.802. The van der Waals surface area contributed by atoms with Crippen LogP contribution in [0.5, 0.6) is 5.75 Å². The molecule has 3 rings (SSSR count). The quantitative estimate of drug-likeness (QED) is 0.456. The summed E-state index contributed by atoms with van der Waals surface area (Å²) in [5.41, 5.74) is 2.52. The van der Waals surface area contributed by atoms with E-state index >= 15 is 0 Å². The fourth-order valence-corrected chi connectivity index (χ4v) is 3.61. The summed E-state index contributed by atoms with van der Waals surface area (Å²) < 4.78 is 11.3. The summed E-state index contributed by atoms with van der Waals surface area (Å²) in [6.45, 7) is 2.54. The van der Waals surface area contributed by atoms with Crippen molar-refractivity contribution in [2.24, 2.45) is 5.16 Å². The lowest BCUT2D eigenvalue weighted by Crippen LogP contribution is -2.54. The summed E-state index contributed by atoms with van der Waals surface area (Å²) in [7, 11) is 1.36. The molecule has 0 spiro atoms. The Hall–Kier alpha value is -2.16. The third kappa shape index (κ3) is 5.11. The van der Waals surface area contributed by atoms with E-state index in [-0.39, 0.29) is 0 Å². The molecule has 3 N–H and O–H groups in total. The van der Waals surface area contributed by atoms with E-state index in [4.69, 9.17) is 21.1 Å². The van der Waals surface area contributed by atoms with Crippen molar-refractivity contribution in [2.75, 3.05) is 13.7 Å². The molecule has 0 unspecified atom stereocenters. The van der Waals surface area contributed by atoms with Gasteiger partial charge in [-0.05, 0) is 48.2 Å². The minimum absolute atomic E-state index is 0.571. The molecule has 1 aliphatic rings. The zero-order valence-electron chi connectivity index (χ0n) is 16.8. The monoisotopic (exact) mass is 435 g/mol. The van der Waals surface area contributed by atoms with Gasteiger partial charge < -0.3 is 29.6 Å². The number of halogens is 1. The van der Waals surface area contributed by atoms with Gasteiger partial charge in [-0.25, -0.2) is 0 Å². The molecule has 1 aliphatic heterocycles. The molecule has 0 saturated carbocycles. The van der Waals surface area contributed by atoms with E-state index in [0.717, 1.165) is 16.9 Å². The SMILES string of the molecule is CCOc1ccc(Cc2cc([C@@H]3O[C@H](C=NOC)[C@@H](O)[C@H](O)[C@H]3O)ccc2Cl)cc1. The number of aliphatic hydroxyl groups excluding tert-OH is 3. The van der Waals surface area contributed by atoms with Gasteiger partial charge in [-0.1, -0.05) is 41.0 Å². The van der Waals surface area contributed by atoms with Crippen molar-refractivity contribution in [1.29, 1.82) is 0 Å². The van der Waals surface area contributed by atoms with Gasteiger partial charge >= 0.3 is 0 Å². The minimum Gasteiger partial charge on any atom is -0.494 e. The smallest absolute Gasteiger partial charge is 0.125 e. The molecule has 1 heterocycles. The zero-order chi connectivity index (χ0) is 21.7. The first-order valence-electron chi connectivity index (χ1n) is 9.71. The van der Waals surface area contributed by atoms with Crippen LogP contribution in [0.2, 0.25) is 5.02 Å². The molecule has 162 valence electrons. The molecule has 1 saturated heterocycles. The van der Waals surface area contributed by atoms with Crippen LogP contribution in [0.15, 0.2) is 47.6 Å². The largest absolute Gasteiger partial charge is 0.494 e. The van der Waals surface area contributed by atoms with Gasteiger partial charge in [0.15, 0.2) is 0 Å². The van der Waals surface area contributed by atoms with Gasteiger partial charge in [-0.15, -0.1) is 0 Å². The molecule has 0 aliphatic carbocycles. The lowest BCUT2D eigenvalue weighted by atomic mass is 9.90. The number of aliphatic hydroxyl groups is 3. The average Bonchev–Trinajstić information content (AvgIpc) is 2.75. The molecule has 0 amide bonds. The number of benzene rings is 2. The van der Waals surface area contributed by atoms with Crippen molar-refractivity contribution in [2.45, 2.75) is 43.9 Å². The van der Waals surface area contributed by atoms with Crippen LogP contribution >= 0.6 is 11.6 Å². The number of nitrogens with zero attached hydrogens (tertiary/aromatic N) is 1. The van der Waals surface area contributed by atoms with Crippen molar-refractivity contribution >= 4 is 17.8 Å². The predicted molar refractivity (Wildman–Crippen MR) is 113 cm³/mol. The molecule has 8 heteroatoms. The average molecular weight is 436 g/mol. The Kier molecular flexibility index (Phi) is 7.69. The Balaban J connectivity index is 1.83. The highest BCUT2D eigenvalue weighted by molar-refractivity contribution is 6.31. The number of hydrogen-bond donors (Lipinski definition) is 3. The van der Waals surface area contributed by atoms with Crippen LogP contribution < -0.4 is 4.74 Å². The van der Waals surface area contributed by atoms with E-state index in [1.807, 2.05) is 37.3 Å². The number of oxime groups is 1. The maximum Gasteiger partial charge on any atom is 0.125 e. The molecule has 1 fully saturated rings. The molecule has 5 atom stereocenters. The Labute approximate surface area is 180 Å². The van der Waals surface area contributed by atoms with Crippen LogP contribution in [-0.4, -0.2) is 59.7 Å². The predicted octanol–water partition coefficient (Wildman–Crippen LogP) is 2.48. The molecular formula is C22H26ClNO6. The van der Waals surface area contributed by atoms with Gasteiger partial charge in [0.25, 0.3) is 0 Å². The lowest BCUT2D eigenvalue weighted by molar-refractivity contribution is -0.205. The summed E-state index contributed by atoms with van der Waals surface area (Å²) in [6, 6.07) is 13.0. The molecule has 2 aromatic rings. The van der Waals surface area contributed by atoms with Crippen LogP contribution in [0, 0.1) is 0 Å². The first-order chi connectivity index (χ1) is 14.4. The highest BCUT2D eigenvalue weighted by atomic mass is 35.5. The van der Waals surface area contributed by atoms with Crippen molar-refractivity contribution in [3.8, 4) is 5.75 Å².